The van der Waals surface area contributed by atoms with Crippen LogP contribution in [0.25, 0.3) is 0 Å². The predicted octanol–water partition coefficient (Wildman–Crippen LogP) is 1.57. The van der Waals surface area contributed by atoms with Crippen LogP contribution in [0, 0.1) is 0 Å². The lowest BCUT2D eigenvalue weighted by Crippen LogP contribution is -2.23. The number of carbonyl (C=O) groups is 2. The molecule has 0 amide bonds. The summed E-state index contributed by atoms with van der Waals surface area (Å²) in [5, 5.41) is 0. The average molecular weight is 198 g/mol. The van der Waals surface area contributed by atoms with Crippen molar-refractivity contribution < 1.29 is 19.1 Å². The van der Waals surface area contributed by atoms with Crippen LogP contribution in [-0.2, 0) is 19.1 Å². The van der Waals surface area contributed by atoms with Crippen molar-refractivity contribution in [3.8, 4) is 0 Å². The molecule has 0 radical (unpaired) electrons. The normalized spacial score (nSPS) is 11.3. The quantitative estimate of drug-likeness (QED) is 0.382. The first-order valence-corrected chi connectivity index (χ1v) is 4.20. The lowest BCUT2D eigenvalue weighted by atomic mass is 10.3. The van der Waals surface area contributed by atoms with E-state index in [2.05, 4.69) is 13.2 Å². The average Bonchev–Trinajstić information content (AvgIpc) is 2.16. The van der Waals surface area contributed by atoms with Gasteiger partial charge in [0, 0.05) is 18.1 Å². The maximum atomic E-state index is 11.0. The lowest BCUT2D eigenvalue weighted by molar-refractivity contribution is -0.181. The summed E-state index contributed by atoms with van der Waals surface area (Å²) in [6.07, 6.45) is 0.528. The van der Waals surface area contributed by atoms with E-state index in [1.165, 1.54) is 6.92 Å². The number of esters is 2. The molecule has 0 aromatic rings. The Balaban J connectivity index is 4.15. The van der Waals surface area contributed by atoms with Crippen LogP contribution in [0.15, 0.2) is 24.8 Å². The molecule has 1 atom stereocenters. The van der Waals surface area contributed by atoms with E-state index in [9.17, 15) is 9.59 Å². The van der Waals surface area contributed by atoms with Gasteiger partial charge in [-0.2, -0.15) is 0 Å². The van der Waals surface area contributed by atoms with E-state index in [-0.39, 0.29) is 5.57 Å². The summed E-state index contributed by atoms with van der Waals surface area (Å²) >= 11 is 0. The zero-order valence-corrected chi connectivity index (χ0v) is 8.41. The van der Waals surface area contributed by atoms with Crippen molar-refractivity contribution in [3.63, 3.8) is 0 Å². The molecule has 1 unspecified atom stereocenters. The van der Waals surface area contributed by atoms with Crippen LogP contribution < -0.4 is 0 Å². The topological polar surface area (TPSA) is 52.6 Å². The second-order valence-electron chi connectivity index (χ2n) is 2.66. The minimum atomic E-state index is -0.871. The molecule has 0 aromatic carbocycles. The van der Waals surface area contributed by atoms with Crippen molar-refractivity contribution in [2.45, 2.75) is 26.6 Å². The number of rotatable bonds is 5. The van der Waals surface area contributed by atoms with Crippen LogP contribution in [0.3, 0.4) is 0 Å². The monoisotopic (exact) mass is 198 g/mol. The van der Waals surface area contributed by atoms with Crippen molar-refractivity contribution in [1.82, 2.24) is 0 Å². The highest BCUT2D eigenvalue weighted by molar-refractivity contribution is 5.87. The molecule has 0 aliphatic heterocycles. The maximum Gasteiger partial charge on any atom is 0.336 e. The number of ether oxygens (including phenoxy) is 2. The molecule has 0 rings (SSSR count). The summed E-state index contributed by atoms with van der Waals surface area (Å²) in [4.78, 5) is 21.8. The first-order chi connectivity index (χ1) is 6.51. The molecule has 0 aliphatic rings. The van der Waals surface area contributed by atoms with E-state index in [1.807, 2.05) is 0 Å². The minimum absolute atomic E-state index is 0.262. The minimum Gasteiger partial charge on any atom is -0.422 e. The smallest absolute Gasteiger partial charge is 0.336 e. The molecule has 4 nitrogen and oxygen atoms in total. The number of carbonyl (C=O) groups excluding carboxylic acids is 2. The molecule has 0 N–H and O–H groups in total. The summed E-state index contributed by atoms with van der Waals surface area (Å²) in [5.74, 6) is -1.19. The third-order valence-electron chi connectivity index (χ3n) is 1.33. The van der Waals surface area contributed by atoms with Gasteiger partial charge in [-0.15, -0.1) is 0 Å². The van der Waals surface area contributed by atoms with Crippen LogP contribution in [-0.4, -0.2) is 18.2 Å². The lowest BCUT2D eigenvalue weighted by Gasteiger charge is -2.15. The van der Waals surface area contributed by atoms with E-state index in [0.29, 0.717) is 6.42 Å². The predicted molar refractivity (Wildman–Crippen MR) is 51.3 cm³/mol. The van der Waals surface area contributed by atoms with Crippen molar-refractivity contribution >= 4 is 11.9 Å². The van der Waals surface area contributed by atoms with Gasteiger partial charge in [0.25, 0.3) is 0 Å². The number of hydrogen-bond donors (Lipinski definition) is 0. The SMILES string of the molecule is C=CC(=O)OC(CC)OC(=O)C(=C)C. The molecular weight excluding hydrogens is 184 g/mol. The Kier molecular flexibility index (Phi) is 5.29. The molecule has 0 saturated carbocycles. The van der Waals surface area contributed by atoms with Crippen LogP contribution in [0.1, 0.15) is 20.3 Å². The Hall–Kier alpha value is -1.58. The largest absolute Gasteiger partial charge is 0.422 e. The highest BCUT2D eigenvalue weighted by atomic mass is 16.7. The zero-order chi connectivity index (χ0) is 11.1. The summed E-state index contributed by atoms with van der Waals surface area (Å²) in [6.45, 7) is 9.88. The molecule has 14 heavy (non-hydrogen) atoms. The second-order valence-corrected chi connectivity index (χ2v) is 2.66. The van der Waals surface area contributed by atoms with Gasteiger partial charge in [-0.1, -0.05) is 20.1 Å². The first-order valence-electron chi connectivity index (χ1n) is 4.20. The summed E-state index contributed by atoms with van der Waals surface area (Å²) in [7, 11) is 0. The maximum absolute atomic E-state index is 11.0. The van der Waals surface area contributed by atoms with Gasteiger partial charge < -0.3 is 9.47 Å². The molecule has 4 heteroatoms. The van der Waals surface area contributed by atoms with Crippen molar-refractivity contribution in [3.05, 3.63) is 24.8 Å². The molecule has 0 saturated heterocycles. The summed E-state index contributed by atoms with van der Waals surface area (Å²) in [6, 6.07) is 0. The molecule has 0 aliphatic carbocycles. The van der Waals surface area contributed by atoms with Gasteiger partial charge in [0.2, 0.25) is 6.29 Å². The molecule has 0 aromatic heterocycles. The van der Waals surface area contributed by atoms with Gasteiger partial charge in [-0.25, -0.2) is 9.59 Å². The molecule has 0 bridgehead atoms. The van der Waals surface area contributed by atoms with E-state index in [0.717, 1.165) is 6.08 Å². The summed E-state index contributed by atoms with van der Waals surface area (Å²) < 4.78 is 9.53. The standard InChI is InChI=1S/C10H14O4/c1-5-8(11)13-9(6-2)14-10(12)7(3)4/h5,9H,1,3,6H2,2,4H3. The molecule has 0 fully saturated rings. The Labute approximate surface area is 83.2 Å². The fourth-order valence-electron chi connectivity index (χ4n) is 0.588. The fraction of sp³-hybridized carbons (Fsp3) is 0.400. The zero-order valence-electron chi connectivity index (χ0n) is 8.41. The van der Waals surface area contributed by atoms with Crippen molar-refractivity contribution in [2.24, 2.45) is 0 Å². The van der Waals surface area contributed by atoms with Crippen molar-refractivity contribution in [2.75, 3.05) is 0 Å². The molecule has 78 valence electrons. The third kappa shape index (κ3) is 4.45. The first kappa shape index (κ1) is 12.4. The van der Waals surface area contributed by atoms with Gasteiger partial charge in [0.1, 0.15) is 0 Å². The fourth-order valence-corrected chi connectivity index (χ4v) is 0.588. The number of hydrogen-bond acceptors (Lipinski definition) is 4. The molecular formula is C10H14O4. The van der Waals surface area contributed by atoms with E-state index >= 15 is 0 Å². The van der Waals surface area contributed by atoms with Crippen molar-refractivity contribution in [1.29, 1.82) is 0 Å². The Morgan fingerprint density at radius 3 is 2.36 bits per heavy atom. The second kappa shape index (κ2) is 5.96. The van der Waals surface area contributed by atoms with E-state index < -0.39 is 18.2 Å². The molecule has 0 spiro atoms. The van der Waals surface area contributed by atoms with Crippen LogP contribution >= 0.6 is 0 Å². The van der Waals surface area contributed by atoms with E-state index in [1.54, 1.807) is 6.92 Å². The Morgan fingerprint density at radius 2 is 2.00 bits per heavy atom. The van der Waals surface area contributed by atoms with Gasteiger partial charge in [-0.3, -0.25) is 0 Å². The van der Waals surface area contributed by atoms with Crippen LogP contribution in [0.4, 0.5) is 0 Å². The highest BCUT2D eigenvalue weighted by Gasteiger charge is 2.15. The highest BCUT2D eigenvalue weighted by Crippen LogP contribution is 2.04. The Morgan fingerprint density at radius 1 is 1.43 bits per heavy atom. The van der Waals surface area contributed by atoms with Gasteiger partial charge in [-0.05, 0) is 6.92 Å². The van der Waals surface area contributed by atoms with E-state index in [4.69, 9.17) is 9.47 Å². The van der Waals surface area contributed by atoms with Crippen LogP contribution in [0.5, 0.6) is 0 Å². The van der Waals surface area contributed by atoms with Gasteiger partial charge in [0.15, 0.2) is 0 Å². The summed E-state index contributed by atoms with van der Waals surface area (Å²) in [5.41, 5.74) is 0.262. The van der Waals surface area contributed by atoms with Gasteiger partial charge >= 0.3 is 11.9 Å². The molecule has 0 heterocycles. The van der Waals surface area contributed by atoms with Gasteiger partial charge in [0.05, 0.1) is 0 Å². The Bertz CT molecular complexity index is 255. The third-order valence-corrected chi connectivity index (χ3v) is 1.33. The van der Waals surface area contributed by atoms with Crippen LogP contribution in [0.2, 0.25) is 0 Å².